The number of carbonyl (C=O) groups is 1. The van der Waals surface area contributed by atoms with E-state index >= 15 is 0 Å². The lowest BCUT2D eigenvalue weighted by Gasteiger charge is -2.39. The van der Waals surface area contributed by atoms with E-state index in [1.54, 1.807) is 18.0 Å². The molecule has 0 aliphatic carbocycles. The lowest BCUT2D eigenvalue weighted by molar-refractivity contribution is 0.262. The molecule has 1 heterocycles. The lowest BCUT2D eigenvalue weighted by atomic mass is 9.96. The Labute approximate surface area is 197 Å². The minimum absolute atomic E-state index is 0. The van der Waals surface area contributed by atoms with E-state index in [2.05, 4.69) is 39.9 Å². The number of aryl methyl sites for hydroxylation is 1. The van der Waals surface area contributed by atoms with Crippen LogP contribution in [-0.2, 0) is 0 Å². The van der Waals surface area contributed by atoms with Gasteiger partial charge < -0.3 is 26.6 Å². The maximum atomic E-state index is 12.5. The Morgan fingerprint density at radius 3 is 2.78 bits per heavy atom. The summed E-state index contributed by atoms with van der Waals surface area (Å²) in [6, 6.07) is 13.5. The fourth-order valence-corrected chi connectivity index (χ4v) is 4.26. The van der Waals surface area contributed by atoms with Gasteiger partial charge in [-0.1, -0.05) is 18.2 Å². The molecular weight excluding hydrogens is 418 g/mol. The highest BCUT2D eigenvalue weighted by Crippen LogP contribution is 2.35. The SMILES string of the molecule is C/C=C(\C/C=C\N)C1(C)NC=CN1c1ccc(NC(=O)Nc2cccc(SC)c2)c(C)c1.[HH].[HH]. The van der Waals surface area contributed by atoms with Crippen molar-refractivity contribution in [2.24, 2.45) is 5.73 Å². The number of allylic oxidation sites excluding steroid dienone is 2. The van der Waals surface area contributed by atoms with Crippen LogP contribution in [0.4, 0.5) is 21.9 Å². The highest BCUT2D eigenvalue weighted by molar-refractivity contribution is 7.98. The standard InChI is InChI=1S/C25H31N5OS.2H2/c1-5-19(8-7-13-26)25(3)27-14-15-30(25)21-11-12-23(18(2)16-21)29-24(31)28-20-9-6-10-22(17-20)32-4;;/h5-7,9-17,27H,8,26H2,1-4H3,(H2,28,29,31);2*1H/b13-7-,19-5+;;. The summed E-state index contributed by atoms with van der Waals surface area (Å²) >= 11 is 1.64. The number of amides is 2. The summed E-state index contributed by atoms with van der Waals surface area (Å²) in [7, 11) is 0. The first-order valence-corrected chi connectivity index (χ1v) is 11.7. The molecule has 0 fully saturated rings. The van der Waals surface area contributed by atoms with Crippen molar-refractivity contribution in [2.45, 2.75) is 37.8 Å². The summed E-state index contributed by atoms with van der Waals surface area (Å²) in [6.07, 6.45) is 12.4. The summed E-state index contributed by atoms with van der Waals surface area (Å²) in [5, 5.41) is 9.32. The quantitative estimate of drug-likeness (QED) is 0.294. The van der Waals surface area contributed by atoms with Gasteiger partial charge in [0.2, 0.25) is 0 Å². The molecule has 0 saturated heterocycles. The van der Waals surface area contributed by atoms with Crippen molar-refractivity contribution in [1.82, 2.24) is 5.32 Å². The molecule has 32 heavy (non-hydrogen) atoms. The van der Waals surface area contributed by atoms with Gasteiger partial charge in [-0.15, -0.1) is 11.8 Å². The zero-order valence-electron chi connectivity index (χ0n) is 19.0. The van der Waals surface area contributed by atoms with Crippen molar-refractivity contribution in [3.63, 3.8) is 0 Å². The van der Waals surface area contributed by atoms with Gasteiger partial charge in [-0.05, 0) is 87.2 Å². The van der Waals surface area contributed by atoms with Gasteiger partial charge >= 0.3 is 6.03 Å². The smallest absolute Gasteiger partial charge is 0.323 e. The summed E-state index contributed by atoms with van der Waals surface area (Å²) in [4.78, 5) is 15.8. The van der Waals surface area contributed by atoms with Crippen molar-refractivity contribution in [1.29, 1.82) is 0 Å². The zero-order valence-corrected chi connectivity index (χ0v) is 19.8. The minimum atomic E-state index is -0.394. The summed E-state index contributed by atoms with van der Waals surface area (Å²) in [6.45, 7) is 6.17. The number of thioether (sulfide) groups is 1. The number of anilines is 3. The molecule has 6 nitrogen and oxygen atoms in total. The van der Waals surface area contributed by atoms with Crippen molar-refractivity contribution in [2.75, 3.05) is 21.8 Å². The second-order valence-corrected chi connectivity index (χ2v) is 8.54. The summed E-state index contributed by atoms with van der Waals surface area (Å²) < 4.78 is 0. The average molecular weight is 454 g/mol. The van der Waals surface area contributed by atoms with Gasteiger partial charge in [0.05, 0.1) is 0 Å². The number of hydrogen-bond acceptors (Lipinski definition) is 5. The molecule has 0 spiro atoms. The van der Waals surface area contributed by atoms with Gasteiger partial charge in [-0.3, -0.25) is 0 Å². The summed E-state index contributed by atoms with van der Waals surface area (Å²) in [5.74, 6) is 0. The van der Waals surface area contributed by atoms with E-state index in [4.69, 9.17) is 5.73 Å². The predicted octanol–water partition coefficient (Wildman–Crippen LogP) is 6.26. The first-order valence-electron chi connectivity index (χ1n) is 10.5. The Balaban J connectivity index is 0.00000289. The van der Waals surface area contributed by atoms with Gasteiger partial charge in [0.15, 0.2) is 0 Å². The maximum absolute atomic E-state index is 12.5. The lowest BCUT2D eigenvalue weighted by Crippen LogP contribution is -2.50. The fraction of sp³-hybridized carbons (Fsp3) is 0.240. The second-order valence-electron chi connectivity index (χ2n) is 7.66. The van der Waals surface area contributed by atoms with Crippen LogP contribution in [0.3, 0.4) is 0 Å². The van der Waals surface area contributed by atoms with Crippen LogP contribution in [0.2, 0.25) is 0 Å². The Hall–Kier alpha value is -3.32. The van der Waals surface area contributed by atoms with E-state index in [0.29, 0.717) is 0 Å². The third-order valence-corrected chi connectivity index (χ3v) is 6.31. The Kier molecular flexibility index (Phi) is 7.53. The van der Waals surface area contributed by atoms with E-state index in [-0.39, 0.29) is 8.88 Å². The molecular formula is C25H35N5OS. The van der Waals surface area contributed by atoms with Crippen LogP contribution in [0.1, 0.15) is 28.7 Å². The van der Waals surface area contributed by atoms with E-state index in [1.165, 1.54) is 5.57 Å². The van der Waals surface area contributed by atoms with E-state index in [9.17, 15) is 4.79 Å². The van der Waals surface area contributed by atoms with Crippen LogP contribution in [0.5, 0.6) is 0 Å². The molecule has 7 heteroatoms. The van der Waals surface area contributed by atoms with Gasteiger partial charge in [-0.2, -0.15) is 0 Å². The summed E-state index contributed by atoms with van der Waals surface area (Å²) in [5.41, 5.74) is 9.90. The fourth-order valence-electron chi connectivity index (χ4n) is 3.80. The van der Waals surface area contributed by atoms with Crippen molar-refractivity contribution >= 4 is 34.9 Å². The van der Waals surface area contributed by atoms with Gasteiger partial charge in [0.1, 0.15) is 5.66 Å². The first kappa shape index (κ1) is 23.3. The molecule has 2 aromatic rings. The van der Waals surface area contributed by atoms with Crippen LogP contribution in [0.15, 0.2) is 83.7 Å². The first-order chi connectivity index (χ1) is 15.4. The van der Waals surface area contributed by atoms with Crippen LogP contribution in [0, 0.1) is 6.92 Å². The molecule has 1 aliphatic rings. The molecule has 2 aromatic carbocycles. The normalized spacial score (nSPS) is 18.1. The highest BCUT2D eigenvalue weighted by Gasteiger charge is 2.36. The number of benzene rings is 2. The van der Waals surface area contributed by atoms with Gasteiger partial charge in [0, 0.05) is 37.2 Å². The van der Waals surface area contributed by atoms with E-state index in [1.807, 2.05) is 75.0 Å². The molecule has 1 unspecified atom stereocenters. The molecule has 0 saturated carbocycles. The molecule has 172 valence electrons. The maximum Gasteiger partial charge on any atom is 0.323 e. The predicted molar refractivity (Wildman–Crippen MR) is 141 cm³/mol. The minimum Gasteiger partial charge on any atom is -0.405 e. The number of nitrogens with zero attached hydrogens (tertiary/aromatic N) is 1. The molecule has 0 radical (unpaired) electrons. The topological polar surface area (TPSA) is 82.4 Å². The molecule has 3 rings (SSSR count). The zero-order chi connectivity index (χ0) is 23.1. The molecule has 2 amide bonds. The number of rotatable bonds is 7. The number of nitrogens with two attached hydrogens (primary N) is 1. The molecule has 1 atom stereocenters. The van der Waals surface area contributed by atoms with Crippen molar-refractivity contribution < 1.29 is 7.65 Å². The Bertz CT molecular complexity index is 1070. The number of nitrogens with one attached hydrogen (secondary N) is 3. The molecule has 1 aliphatic heterocycles. The number of hydrogen-bond donors (Lipinski definition) is 4. The van der Waals surface area contributed by atoms with Crippen LogP contribution >= 0.6 is 11.8 Å². The van der Waals surface area contributed by atoms with Crippen molar-refractivity contribution in [3.05, 3.63) is 84.4 Å². The third kappa shape index (κ3) is 5.11. The van der Waals surface area contributed by atoms with E-state index < -0.39 is 5.66 Å². The van der Waals surface area contributed by atoms with Crippen LogP contribution in [0.25, 0.3) is 0 Å². The van der Waals surface area contributed by atoms with Gasteiger partial charge in [0.25, 0.3) is 0 Å². The molecule has 5 N–H and O–H groups in total. The number of urea groups is 1. The van der Waals surface area contributed by atoms with Crippen LogP contribution in [-0.4, -0.2) is 17.9 Å². The molecule has 0 bridgehead atoms. The Morgan fingerprint density at radius 1 is 1.28 bits per heavy atom. The second kappa shape index (κ2) is 10.3. The van der Waals surface area contributed by atoms with E-state index in [0.717, 1.165) is 33.9 Å². The van der Waals surface area contributed by atoms with Crippen LogP contribution < -0.4 is 26.6 Å². The Morgan fingerprint density at radius 2 is 2.09 bits per heavy atom. The number of carbonyl (C=O) groups excluding carboxylic acids is 1. The van der Waals surface area contributed by atoms with Gasteiger partial charge in [-0.25, -0.2) is 4.79 Å². The molecule has 0 aromatic heterocycles. The van der Waals surface area contributed by atoms with Crippen molar-refractivity contribution in [3.8, 4) is 0 Å². The monoisotopic (exact) mass is 453 g/mol. The highest BCUT2D eigenvalue weighted by atomic mass is 32.2. The largest absolute Gasteiger partial charge is 0.405 e. The average Bonchev–Trinajstić information content (AvgIpc) is 3.18. The third-order valence-electron chi connectivity index (χ3n) is 5.58.